The summed E-state index contributed by atoms with van der Waals surface area (Å²) in [6, 6.07) is 20.9. The third kappa shape index (κ3) is 6.83. The van der Waals surface area contributed by atoms with Crippen molar-refractivity contribution in [1.82, 2.24) is 0 Å². The number of azo groups is 2. The van der Waals surface area contributed by atoms with Gasteiger partial charge in [0.2, 0.25) is 6.04 Å². The van der Waals surface area contributed by atoms with Gasteiger partial charge in [0.15, 0.2) is 5.71 Å². The van der Waals surface area contributed by atoms with Crippen LogP contribution in [0.15, 0.2) is 117 Å². The zero-order chi connectivity index (χ0) is 32.1. The number of hydrogen-bond donors (Lipinski definition) is 5. The summed E-state index contributed by atoms with van der Waals surface area (Å²) in [6.45, 7) is 0. The molecule has 0 saturated carbocycles. The van der Waals surface area contributed by atoms with E-state index in [0.717, 1.165) is 5.01 Å². The lowest BCUT2D eigenvalue weighted by Crippen LogP contribution is -2.33. The van der Waals surface area contributed by atoms with Crippen LogP contribution in [0.1, 0.15) is 20.7 Å². The van der Waals surface area contributed by atoms with Crippen molar-refractivity contribution in [3.8, 4) is 5.75 Å². The third-order valence-electron chi connectivity index (χ3n) is 6.28. The second-order valence-electron chi connectivity index (χ2n) is 9.41. The van der Waals surface area contributed by atoms with E-state index in [4.69, 9.17) is 10.8 Å². The van der Waals surface area contributed by atoms with Crippen molar-refractivity contribution in [3.05, 3.63) is 102 Å². The summed E-state index contributed by atoms with van der Waals surface area (Å²) in [4.78, 5) is 48.5. The molecule has 0 saturated heterocycles. The number of hydrogen-bond acceptors (Lipinski definition) is 11. The number of phenols is 1. The van der Waals surface area contributed by atoms with E-state index < -0.39 is 35.5 Å². The largest absolute Gasteiger partial charge is 0.507 e. The highest BCUT2D eigenvalue weighted by atomic mass is 16.4. The molecule has 4 aromatic rings. The number of hydrazone groups is 1. The van der Waals surface area contributed by atoms with Crippen molar-refractivity contribution >= 4 is 63.6 Å². The van der Waals surface area contributed by atoms with Gasteiger partial charge in [0.1, 0.15) is 11.3 Å². The van der Waals surface area contributed by atoms with Gasteiger partial charge in [-0.1, -0.05) is 6.07 Å². The highest BCUT2D eigenvalue weighted by Crippen LogP contribution is 2.27. The number of nitrogens with one attached hydrogen (secondary N) is 1. The molecule has 1 heterocycles. The van der Waals surface area contributed by atoms with Crippen LogP contribution < -0.4 is 16.1 Å². The van der Waals surface area contributed by atoms with Crippen LogP contribution in [0.2, 0.25) is 0 Å². The van der Waals surface area contributed by atoms with E-state index in [9.17, 15) is 29.4 Å². The molecule has 2 amide bonds. The number of anilines is 3. The Morgan fingerprint density at radius 2 is 1.44 bits per heavy atom. The van der Waals surface area contributed by atoms with E-state index in [1.165, 1.54) is 48.5 Å². The van der Waals surface area contributed by atoms with E-state index in [-0.39, 0.29) is 33.9 Å². The molecule has 5 rings (SSSR count). The Kier molecular flexibility index (Phi) is 8.33. The average molecular weight is 607 g/mol. The molecule has 1 aliphatic heterocycles. The zero-order valence-corrected chi connectivity index (χ0v) is 23.0. The van der Waals surface area contributed by atoms with E-state index in [1.54, 1.807) is 42.5 Å². The molecule has 6 N–H and O–H groups in total. The Morgan fingerprint density at radius 3 is 2.11 bits per heavy atom. The third-order valence-corrected chi connectivity index (χ3v) is 6.28. The lowest BCUT2D eigenvalue weighted by Gasteiger charge is -2.12. The van der Waals surface area contributed by atoms with Crippen molar-refractivity contribution in [3.63, 3.8) is 0 Å². The summed E-state index contributed by atoms with van der Waals surface area (Å²) in [5.74, 6) is -4.24. The molecule has 0 aliphatic carbocycles. The predicted octanol–water partition coefficient (Wildman–Crippen LogP) is 5.28. The predicted molar refractivity (Wildman–Crippen MR) is 162 cm³/mol. The first-order valence-electron chi connectivity index (χ1n) is 13.0. The number of benzene rings is 4. The second-order valence-corrected chi connectivity index (χ2v) is 9.41. The minimum absolute atomic E-state index is 0.232. The van der Waals surface area contributed by atoms with E-state index in [0.29, 0.717) is 17.1 Å². The van der Waals surface area contributed by atoms with Gasteiger partial charge in [-0.25, -0.2) is 9.59 Å². The molecule has 0 radical (unpaired) electrons. The van der Waals surface area contributed by atoms with Crippen LogP contribution in [0.3, 0.4) is 0 Å². The number of carboxylic acids is 2. The molecular weight excluding hydrogens is 584 g/mol. The lowest BCUT2D eigenvalue weighted by molar-refractivity contribution is -0.130. The summed E-state index contributed by atoms with van der Waals surface area (Å²) >= 11 is 0. The standard InChI is InChI=1S/C30H22N8O7/c31-17-2-1-3-22(14-17)38-28(41)25(26(37-38)30(44)45)36-34-19-6-4-16(5-7-19)27(40)32-18-8-10-20(11-9-18)33-35-21-12-13-24(39)23(15-21)29(42)43/h1-15,25,39H,31H2,(H,32,40)(H,42,43)(H,44,45). The number of carbonyl (C=O) groups excluding carboxylic acids is 2. The van der Waals surface area contributed by atoms with E-state index in [1.807, 2.05) is 0 Å². The van der Waals surface area contributed by atoms with Crippen LogP contribution >= 0.6 is 0 Å². The van der Waals surface area contributed by atoms with Gasteiger partial charge in [0.25, 0.3) is 11.8 Å². The minimum atomic E-state index is -1.47. The van der Waals surface area contributed by atoms with Gasteiger partial charge in [-0.2, -0.15) is 30.6 Å². The smallest absolute Gasteiger partial charge is 0.355 e. The van der Waals surface area contributed by atoms with Crippen LogP contribution in [0.5, 0.6) is 5.75 Å². The van der Waals surface area contributed by atoms with Crippen molar-refractivity contribution in [1.29, 1.82) is 0 Å². The number of rotatable bonds is 9. The first kappa shape index (κ1) is 29.7. The summed E-state index contributed by atoms with van der Waals surface area (Å²) in [5.41, 5.74) is 7.30. The molecule has 15 nitrogen and oxygen atoms in total. The number of nitrogen functional groups attached to an aromatic ring is 1. The Labute approximate surface area is 253 Å². The van der Waals surface area contributed by atoms with Gasteiger partial charge < -0.3 is 26.4 Å². The first-order valence-corrected chi connectivity index (χ1v) is 13.0. The molecule has 1 aliphatic rings. The fraction of sp³-hybridized carbons (Fsp3) is 0.0333. The summed E-state index contributed by atoms with van der Waals surface area (Å²) < 4.78 is 0. The van der Waals surface area contributed by atoms with Crippen molar-refractivity contribution in [2.24, 2.45) is 25.6 Å². The second kappa shape index (κ2) is 12.6. The summed E-state index contributed by atoms with van der Waals surface area (Å²) in [6.07, 6.45) is 0. The number of aromatic carboxylic acids is 1. The Hall–Kier alpha value is -6.77. The number of aromatic hydroxyl groups is 1. The number of nitrogens with two attached hydrogens (primary N) is 1. The maximum atomic E-state index is 12.9. The summed E-state index contributed by atoms with van der Waals surface area (Å²) in [5, 5.41) is 51.7. The average Bonchev–Trinajstić information content (AvgIpc) is 3.36. The van der Waals surface area contributed by atoms with Crippen LogP contribution in [0.4, 0.5) is 34.1 Å². The normalized spacial score (nSPS) is 14.6. The molecule has 224 valence electrons. The Balaban J connectivity index is 1.21. The maximum absolute atomic E-state index is 12.9. The lowest BCUT2D eigenvalue weighted by atomic mass is 10.2. The van der Waals surface area contributed by atoms with E-state index in [2.05, 4.69) is 30.9 Å². The van der Waals surface area contributed by atoms with Gasteiger partial charge in [-0.15, -0.1) is 0 Å². The summed E-state index contributed by atoms with van der Waals surface area (Å²) in [7, 11) is 0. The molecule has 1 atom stereocenters. The van der Waals surface area contributed by atoms with Gasteiger partial charge in [-0.05, 0) is 84.9 Å². The molecule has 15 heteroatoms. The fourth-order valence-corrected chi connectivity index (χ4v) is 4.04. The quantitative estimate of drug-likeness (QED) is 0.124. The van der Waals surface area contributed by atoms with Gasteiger partial charge in [-0.3, -0.25) is 9.59 Å². The van der Waals surface area contributed by atoms with Crippen molar-refractivity contribution < 1.29 is 34.5 Å². The fourth-order valence-electron chi connectivity index (χ4n) is 4.04. The molecule has 4 aromatic carbocycles. The van der Waals surface area contributed by atoms with E-state index >= 15 is 0 Å². The van der Waals surface area contributed by atoms with Crippen LogP contribution in [-0.4, -0.2) is 50.8 Å². The molecule has 45 heavy (non-hydrogen) atoms. The Morgan fingerprint density at radius 1 is 0.800 bits per heavy atom. The van der Waals surface area contributed by atoms with Crippen molar-refractivity contribution in [2.75, 3.05) is 16.1 Å². The number of carboxylic acid groups (broad SMARTS) is 2. The number of amides is 2. The van der Waals surface area contributed by atoms with Crippen LogP contribution in [0.25, 0.3) is 0 Å². The molecule has 0 spiro atoms. The number of carbonyl (C=O) groups is 4. The molecule has 0 fully saturated rings. The highest BCUT2D eigenvalue weighted by molar-refractivity contribution is 6.45. The maximum Gasteiger partial charge on any atom is 0.355 e. The molecular formula is C30H22N8O7. The van der Waals surface area contributed by atoms with Crippen LogP contribution in [-0.2, 0) is 9.59 Å². The molecule has 0 bridgehead atoms. The van der Waals surface area contributed by atoms with Crippen molar-refractivity contribution in [2.45, 2.75) is 6.04 Å². The minimum Gasteiger partial charge on any atom is -0.507 e. The van der Waals surface area contributed by atoms with Gasteiger partial charge >= 0.3 is 11.9 Å². The topological polar surface area (TPSA) is 232 Å². The molecule has 1 unspecified atom stereocenters. The van der Waals surface area contributed by atoms with Gasteiger partial charge in [0, 0.05) is 16.9 Å². The molecule has 0 aromatic heterocycles. The highest BCUT2D eigenvalue weighted by Gasteiger charge is 2.41. The number of aliphatic carboxylic acids is 1. The Bertz CT molecular complexity index is 1900. The van der Waals surface area contributed by atoms with Gasteiger partial charge in [0.05, 0.1) is 22.7 Å². The first-order chi connectivity index (χ1) is 21.6. The monoisotopic (exact) mass is 606 g/mol. The van der Waals surface area contributed by atoms with Crippen LogP contribution in [0, 0.1) is 0 Å². The zero-order valence-electron chi connectivity index (χ0n) is 23.0. The SMILES string of the molecule is Nc1cccc(N2N=C(C(=O)O)C(N=Nc3ccc(C(=O)Nc4ccc(N=Nc5ccc(O)c(C(=O)O)c5)cc4)cc3)C2=O)c1. The number of nitrogens with zero attached hydrogens (tertiary/aromatic N) is 6.